The second-order valence-electron chi connectivity index (χ2n) is 2.91. The summed E-state index contributed by atoms with van der Waals surface area (Å²) in [6.07, 6.45) is 1.97. The van der Waals surface area contributed by atoms with Gasteiger partial charge in [-0.2, -0.15) is 4.98 Å². The van der Waals surface area contributed by atoms with Crippen molar-refractivity contribution in [2.24, 2.45) is 0 Å². The first-order chi connectivity index (χ1) is 6.27. The highest BCUT2D eigenvalue weighted by atomic mass is 16.5. The minimum atomic E-state index is -1.16. The lowest BCUT2D eigenvalue weighted by molar-refractivity contribution is 0.0680. The van der Waals surface area contributed by atoms with E-state index in [2.05, 4.69) is 15.5 Å². The molecule has 0 amide bonds. The molecule has 6 heteroatoms. The van der Waals surface area contributed by atoms with Crippen LogP contribution in [0.3, 0.4) is 0 Å². The lowest BCUT2D eigenvalue weighted by atomic mass is 10.2. The van der Waals surface area contributed by atoms with E-state index in [0.29, 0.717) is 5.89 Å². The topological polar surface area (TPSA) is 88.2 Å². The van der Waals surface area contributed by atoms with Gasteiger partial charge in [-0.1, -0.05) is 0 Å². The third-order valence-electron chi connectivity index (χ3n) is 1.99. The van der Waals surface area contributed by atoms with Crippen molar-refractivity contribution in [3.63, 3.8) is 0 Å². The second-order valence-corrected chi connectivity index (χ2v) is 2.91. The summed E-state index contributed by atoms with van der Waals surface area (Å²) >= 11 is 0. The first-order valence-corrected chi connectivity index (χ1v) is 4.07. The van der Waals surface area contributed by atoms with Gasteiger partial charge in [0.2, 0.25) is 5.89 Å². The summed E-state index contributed by atoms with van der Waals surface area (Å²) in [5.41, 5.74) is 0. The molecule has 0 bridgehead atoms. The molecule has 1 aliphatic heterocycles. The number of aromatic carboxylic acids is 1. The fourth-order valence-corrected chi connectivity index (χ4v) is 1.36. The number of hydrogen-bond donors (Lipinski definition) is 2. The minimum absolute atomic E-state index is 0.0283. The van der Waals surface area contributed by atoms with E-state index < -0.39 is 5.97 Å². The number of aromatic nitrogens is 2. The van der Waals surface area contributed by atoms with Crippen LogP contribution >= 0.6 is 0 Å². The van der Waals surface area contributed by atoms with Crippen molar-refractivity contribution >= 4 is 5.97 Å². The van der Waals surface area contributed by atoms with Gasteiger partial charge in [-0.3, -0.25) is 0 Å². The Balaban J connectivity index is 2.16. The van der Waals surface area contributed by atoms with Gasteiger partial charge in [0.25, 0.3) is 5.82 Å². The van der Waals surface area contributed by atoms with E-state index in [4.69, 9.17) is 9.63 Å². The molecule has 13 heavy (non-hydrogen) atoms. The summed E-state index contributed by atoms with van der Waals surface area (Å²) < 4.78 is 4.81. The molecule has 1 saturated heterocycles. The van der Waals surface area contributed by atoms with Crippen LogP contribution in [0.1, 0.15) is 35.4 Å². The van der Waals surface area contributed by atoms with Gasteiger partial charge >= 0.3 is 5.97 Å². The lowest BCUT2D eigenvalue weighted by Crippen LogP contribution is -2.13. The zero-order valence-corrected chi connectivity index (χ0v) is 6.86. The normalized spacial score (nSPS) is 22.0. The van der Waals surface area contributed by atoms with Gasteiger partial charge in [-0.05, 0) is 24.5 Å². The average molecular weight is 183 g/mol. The number of carbonyl (C=O) groups is 1. The zero-order chi connectivity index (χ0) is 9.26. The molecule has 6 nitrogen and oxygen atoms in total. The van der Waals surface area contributed by atoms with E-state index in [0.717, 1.165) is 19.4 Å². The van der Waals surface area contributed by atoms with E-state index in [1.807, 2.05) is 0 Å². The number of hydrogen-bond acceptors (Lipinski definition) is 5. The highest BCUT2D eigenvalue weighted by molar-refractivity contribution is 5.82. The molecule has 2 heterocycles. The quantitative estimate of drug-likeness (QED) is 0.680. The molecule has 1 aromatic rings. The molecule has 0 spiro atoms. The molecular formula is C7H9N3O3. The number of carboxylic acids is 1. The van der Waals surface area contributed by atoms with Gasteiger partial charge in [0.05, 0.1) is 6.04 Å². The highest BCUT2D eigenvalue weighted by Crippen LogP contribution is 2.20. The Kier molecular flexibility index (Phi) is 1.97. The van der Waals surface area contributed by atoms with Crippen molar-refractivity contribution in [3.8, 4) is 0 Å². The summed E-state index contributed by atoms with van der Waals surface area (Å²) in [7, 11) is 0. The minimum Gasteiger partial charge on any atom is -0.475 e. The SMILES string of the molecule is O=C(O)c1noc([C@H]2CCCN2)n1. The van der Waals surface area contributed by atoms with E-state index in [1.54, 1.807) is 0 Å². The van der Waals surface area contributed by atoms with Crippen molar-refractivity contribution in [1.82, 2.24) is 15.5 Å². The van der Waals surface area contributed by atoms with Crippen LogP contribution in [0.4, 0.5) is 0 Å². The monoisotopic (exact) mass is 183 g/mol. The van der Waals surface area contributed by atoms with Crippen molar-refractivity contribution in [2.75, 3.05) is 6.54 Å². The molecule has 0 aliphatic carbocycles. The second kappa shape index (κ2) is 3.14. The van der Waals surface area contributed by atoms with Gasteiger partial charge in [-0.15, -0.1) is 0 Å². The third kappa shape index (κ3) is 1.52. The first kappa shape index (κ1) is 8.18. The Bertz CT molecular complexity index is 317. The third-order valence-corrected chi connectivity index (χ3v) is 1.99. The van der Waals surface area contributed by atoms with Crippen molar-refractivity contribution < 1.29 is 14.4 Å². The average Bonchev–Trinajstić information content (AvgIpc) is 2.75. The summed E-state index contributed by atoms with van der Waals surface area (Å²) in [6, 6.07) is 0.0283. The Labute approximate surface area is 73.9 Å². The summed E-state index contributed by atoms with van der Waals surface area (Å²) in [4.78, 5) is 14.2. The van der Waals surface area contributed by atoms with Crippen LogP contribution in [0.2, 0.25) is 0 Å². The molecule has 70 valence electrons. The Morgan fingerprint density at radius 2 is 2.54 bits per heavy atom. The van der Waals surface area contributed by atoms with Crippen molar-refractivity contribution in [3.05, 3.63) is 11.7 Å². The largest absolute Gasteiger partial charge is 0.475 e. The Hall–Kier alpha value is -1.43. The molecule has 2 N–H and O–H groups in total. The number of nitrogens with one attached hydrogen (secondary N) is 1. The molecule has 0 unspecified atom stereocenters. The first-order valence-electron chi connectivity index (χ1n) is 4.07. The van der Waals surface area contributed by atoms with Gasteiger partial charge < -0.3 is 14.9 Å². The van der Waals surface area contributed by atoms with Crippen molar-refractivity contribution in [2.45, 2.75) is 18.9 Å². The smallest absolute Gasteiger partial charge is 0.377 e. The van der Waals surface area contributed by atoms with E-state index in [9.17, 15) is 4.79 Å². The number of carboxylic acid groups (broad SMARTS) is 1. The maximum atomic E-state index is 10.4. The molecule has 1 aromatic heterocycles. The van der Waals surface area contributed by atoms with Crippen LogP contribution in [0.5, 0.6) is 0 Å². The van der Waals surface area contributed by atoms with Crippen LogP contribution in [-0.2, 0) is 0 Å². The molecule has 0 saturated carbocycles. The summed E-state index contributed by atoms with van der Waals surface area (Å²) in [5, 5.41) is 15.0. The molecule has 0 aromatic carbocycles. The summed E-state index contributed by atoms with van der Waals surface area (Å²) in [6.45, 7) is 0.912. The van der Waals surface area contributed by atoms with Gasteiger partial charge in [-0.25, -0.2) is 4.79 Å². The highest BCUT2D eigenvalue weighted by Gasteiger charge is 2.23. The van der Waals surface area contributed by atoms with Crippen LogP contribution in [0.25, 0.3) is 0 Å². The van der Waals surface area contributed by atoms with E-state index in [-0.39, 0.29) is 11.9 Å². The standard InChI is InChI=1S/C7H9N3O3/c11-7(12)5-9-6(13-10-5)4-2-1-3-8-4/h4,8H,1-3H2,(H,11,12)/t4-/m1/s1. The fraction of sp³-hybridized carbons (Fsp3) is 0.571. The van der Waals surface area contributed by atoms with Crippen molar-refractivity contribution in [1.29, 1.82) is 0 Å². The molecule has 1 atom stereocenters. The molecule has 1 aliphatic rings. The maximum Gasteiger partial charge on any atom is 0.377 e. The van der Waals surface area contributed by atoms with Gasteiger partial charge in [0, 0.05) is 0 Å². The molecule has 0 radical (unpaired) electrons. The predicted molar refractivity (Wildman–Crippen MR) is 41.2 cm³/mol. The Morgan fingerprint density at radius 3 is 3.08 bits per heavy atom. The van der Waals surface area contributed by atoms with Gasteiger partial charge in [0.15, 0.2) is 0 Å². The maximum absolute atomic E-state index is 10.4. The molecular weight excluding hydrogens is 174 g/mol. The lowest BCUT2D eigenvalue weighted by Gasteiger charge is -2.00. The van der Waals surface area contributed by atoms with Crippen LogP contribution in [0.15, 0.2) is 4.52 Å². The zero-order valence-electron chi connectivity index (χ0n) is 6.86. The van der Waals surface area contributed by atoms with Crippen LogP contribution < -0.4 is 5.32 Å². The Morgan fingerprint density at radius 1 is 1.69 bits per heavy atom. The summed E-state index contributed by atoms with van der Waals surface area (Å²) in [5.74, 6) is -1.06. The fourth-order valence-electron chi connectivity index (χ4n) is 1.36. The predicted octanol–water partition coefficient (Wildman–Crippen LogP) is 0.192. The van der Waals surface area contributed by atoms with Crippen LogP contribution in [-0.4, -0.2) is 27.8 Å². The van der Waals surface area contributed by atoms with E-state index >= 15 is 0 Å². The van der Waals surface area contributed by atoms with Crippen LogP contribution in [0, 0.1) is 0 Å². The number of nitrogens with zero attached hydrogens (tertiary/aromatic N) is 2. The van der Waals surface area contributed by atoms with Gasteiger partial charge in [0.1, 0.15) is 0 Å². The van der Waals surface area contributed by atoms with E-state index in [1.165, 1.54) is 0 Å². The molecule has 1 fully saturated rings. The number of rotatable bonds is 2. The molecule has 2 rings (SSSR count).